The third kappa shape index (κ3) is 4.06. The van der Waals surface area contributed by atoms with Crippen LogP contribution in [-0.4, -0.2) is 13.7 Å². The van der Waals surface area contributed by atoms with Crippen LogP contribution in [-0.2, 0) is 0 Å². The highest BCUT2D eigenvalue weighted by molar-refractivity contribution is 6.19. The predicted molar refractivity (Wildman–Crippen MR) is 215 cm³/mol. The van der Waals surface area contributed by atoms with Gasteiger partial charge in [-0.15, -0.1) is 0 Å². The Kier molecular flexibility index (Phi) is 5.96. The summed E-state index contributed by atoms with van der Waals surface area (Å²) in [6.45, 7) is 0. The zero-order valence-corrected chi connectivity index (χ0v) is 27.7. The second-order valence-electron chi connectivity index (χ2n) is 13.4. The summed E-state index contributed by atoms with van der Waals surface area (Å²) in [6.07, 6.45) is 0. The fourth-order valence-corrected chi connectivity index (χ4v) is 8.47. The van der Waals surface area contributed by atoms with E-state index in [1.807, 2.05) is 0 Å². The molecule has 0 saturated carbocycles. The zero-order valence-electron chi connectivity index (χ0n) is 27.7. The number of hydrogen-bond donors (Lipinski definition) is 0. The predicted octanol–water partition coefficient (Wildman–Crippen LogP) is 12.6. The lowest BCUT2D eigenvalue weighted by Crippen LogP contribution is -1.96. The molecule has 3 aromatic heterocycles. The molecule has 0 radical (unpaired) electrons. The number of para-hydroxylation sites is 5. The van der Waals surface area contributed by atoms with E-state index in [2.05, 4.69) is 202 Å². The maximum Gasteiger partial charge on any atom is 0.0562 e. The smallest absolute Gasteiger partial charge is 0.0562 e. The molecule has 51 heavy (non-hydrogen) atoms. The standard InChI is InChI=1S/C48H31N3/c1-3-14-33(15-4-1)49-44-24-12-9-20-39(44)48-36(21-13-25-45(48)49)32-26-28-35(29-27-32)51-43-23-11-8-19-38(43)41-30-40-37-18-7-10-22-42(37)50(46(40)31-47(41)51)34-16-5-2-6-17-34/h1-31H. The molecule has 0 amide bonds. The van der Waals surface area contributed by atoms with Crippen LogP contribution in [0.25, 0.3) is 93.6 Å². The summed E-state index contributed by atoms with van der Waals surface area (Å²) in [7, 11) is 0. The molecule has 0 N–H and O–H groups in total. The van der Waals surface area contributed by atoms with Gasteiger partial charge in [0.15, 0.2) is 0 Å². The van der Waals surface area contributed by atoms with Crippen molar-refractivity contribution in [1.29, 1.82) is 0 Å². The molecular formula is C48H31N3. The van der Waals surface area contributed by atoms with Gasteiger partial charge in [-0.2, -0.15) is 0 Å². The quantitative estimate of drug-likeness (QED) is 0.180. The molecule has 3 heterocycles. The molecule has 0 fully saturated rings. The van der Waals surface area contributed by atoms with E-state index in [9.17, 15) is 0 Å². The van der Waals surface area contributed by atoms with Gasteiger partial charge in [-0.1, -0.05) is 115 Å². The maximum absolute atomic E-state index is 2.43. The number of fused-ring (bicyclic) bond motifs is 9. The van der Waals surface area contributed by atoms with Gasteiger partial charge in [-0.3, -0.25) is 0 Å². The molecule has 0 aliphatic rings. The Labute approximate surface area is 294 Å². The lowest BCUT2D eigenvalue weighted by Gasteiger charge is -2.12. The Hall–Kier alpha value is -6.84. The van der Waals surface area contributed by atoms with E-state index in [0.717, 1.165) is 11.4 Å². The third-order valence-electron chi connectivity index (χ3n) is 10.6. The van der Waals surface area contributed by atoms with Crippen molar-refractivity contribution in [3.8, 4) is 28.2 Å². The SMILES string of the molecule is c1ccc(-n2c3ccccc3c3cc4c5ccccc5n(-c5ccc(-c6cccc7c6c6ccccc6n7-c6ccccc6)cc5)c4cc32)cc1. The van der Waals surface area contributed by atoms with Gasteiger partial charge in [0.25, 0.3) is 0 Å². The molecule has 3 heteroatoms. The second-order valence-corrected chi connectivity index (χ2v) is 13.4. The minimum absolute atomic E-state index is 1.14. The Balaban J connectivity index is 1.13. The van der Waals surface area contributed by atoms with Crippen LogP contribution in [0.2, 0.25) is 0 Å². The first-order chi connectivity index (χ1) is 25.3. The van der Waals surface area contributed by atoms with Crippen molar-refractivity contribution in [3.63, 3.8) is 0 Å². The highest BCUT2D eigenvalue weighted by Crippen LogP contribution is 2.41. The fraction of sp³-hybridized carbons (Fsp3) is 0. The van der Waals surface area contributed by atoms with Crippen LogP contribution >= 0.6 is 0 Å². The Morgan fingerprint density at radius 3 is 1.25 bits per heavy atom. The van der Waals surface area contributed by atoms with Crippen LogP contribution in [0.1, 0.15) is 0 Å². The van der Waals surface area contributed by atoms with E-state index >= 15 is 0 Å². The van der Waals surface area contributed by atoms with Gasteiger partial charge in [-0.25, -0.2) is 0 Å². The average molecular weight is 650 g/mol. The highest BCUT2D eigenvalue weighted by atomic mass is 15.0. The van der Waals surface area contributed by atoms with E-state index in [0.29, 0.717) is 0 Å². The molecule has 11 rings (SSSR count). The maximum atomic E-state index is 2.43. The number of rotatable bonds is 4. The molecule has 238 valence electrons. The molecule has 0 aliphatic heterocycles. The molecule has 11 aromatic rings. The molecule has 0 unspecified atom stereocenters. The van der Waals surface area contributed by atoms with E-state index in [4.69, 9.17) is 0 Å². The third-order valence-corrected chi connectivity index (χ3v) is 10.6. The van der Waals surface area contributed by atoms with Gasteiger partial charge < -0.3 is 13.7 Å². The van der Waals surface area contributed by atoms with Crippen LogP contribution in [0.4, 0.5) is 0 Å². The molecule has 0 spiro atoms. The highest BCUT2D eigenvalue weighted by Gasteiger charge is 2.19. The summed E-state index contributed by atoms with van der Waals surface area (Å²) in [5.41, 5.74) is 13.2. The number of nitrogens with zero attached hydrogens (tertiary/aromatic N) is 3. The van der Waals surface area contributed by atoms with E-state index < -0.39 is 0 Å². The topological polar surface area (TPSA) is 14.8 Å². The van der Waals surface area contributed by atoms with Crippen molar-refractivity contribution in [2.24, 2.45) is 0 Å². The van der Waals surface area contributed by atoms with E-state index in [-0.39, 0.29) is 0 Å². The first-order valence-corrected chi connectivity index (χ1v) is 17.5. The average Bonchev–Trinajstić information content (AvgIpc) is 3.83. The fourth-order valence-electron chi connectivity index (χ4n) is 8.47. The largest absolute Gasteiger partial charge is 0.309 e. The van der Waals surface area contributed by atoms with Crippen molar-refractivity contribution in [2.75, 3.05) is 0 Å². The van der Waals surface area contributed by atoms with Crippen molar-refractivity contribution < 1.29 is 0 Å². The molecule has 0 saturated heterocycles. The summed E-state index contributed by atoms with van der Waals surface area (Å²) in [5.74, 6) is 0. The molecule has 0 atom stereocenters. The Morgan fingerprint density at radius 2 is 0.686 bits per heavy atom. The van der Waals surface area contributed by atoms with Crippen LogP contribution in [0.3, 0.4) is 0 Å². The van der Waals surface area contributed by atoms with Gasteiger partial charge in [-0.05, 0) is 83.9 Å². The second kappa shape index (κ2) is 10.8. The van der Waals surface area contributed by atoms with E-state index in [1.165, 1.54) is 82.2 Å². The number of hydrogen-bond acceptors (Lipinski definition) is 0. The van der Waals surface area contributed by atoms with Crippen LogP contribution in [0, 0.1) is 0 Å². The van der Waals surface area contributed by atoms with Crippen molar-refractivity contribution in [3.05, 3.63) is 188 Å². The first kappa shape index (κ1) is 28.0. The molecule has 8 aromatic carbocycles. The summed E-state index contributed by atoms with van der Waals surface area (Å²) in [5, 5.41) is 7.59. The summed E-state index contributed by atoms with van der Waals surface area (Å²) < 4.78 is 7.22. The van der Waals surface area contributed by atoms with Crippen LogP contribution in [0.15, 0.2) is 188 Å². The van der Waals surface area contributed by atoms with Crippen LogP contribution < -0.4 is 0 Å². The number of aromatic nitrogens is 3. The Bertz CT molecular complexity index is 3110. The van der Waals surface area contributed by atoms with Gasteiger partial charge >= 0.3 is 0 Å². The van der Waals surface area contributed by atoms with E-state index in [1.54, 1.807) is 0 Å². The monoisotopic (exact) mass is 649 g/mol. The minimum atomic E-state index is 1.14. The van der Waals surface area contributed by atoms with Gasteiger partial charge in [0, 0.05) is 49.4 Å². The van der Waals surface area contributed by atoms with Crippen molar-refractivity contribution in [2.45, 2.75) is 0 Å². The summed E-state index contributed by atoms with van der Waals surface area (Å²) >= 11 is 0. The van der Waals surface area contributed by atoms with Gasteiger partial charge in [0.2, 0.25) is 0 Å². The van der Waals surface area contributed by atoms with Gasteiger partial charge in [0.1, 0.15) is 0 Å². The zero-order chi connectivity index (χ0) is 33.5. The van der Waals surface area contributed by atoms with Gasteiger partial charge in [0.05, 0.1) is 33.1 Å². The summed E-state index contributed by atoms with van der Waals surface area (Å²) in [4.78, 5) is 0. The lowest BCUT2D eigenvalue weighted by molar-refractivity contribution is 1.16. The number of benzene rings is 8. The molecule has 0 aliphatic carbocycles. The summed E-state index contributed by atoms with van der Waals surface area (Å²) in [6, 6.07) is 68.4. The molecule has 3 nitrogen and oxygen atoms in total. The first-order valence-electron chi connectivity index (χ1n) is 17.5. The lowest BCUT2D eigenvalue weighted by atomic mass is 9.99. The Morgan fingerprint density at radius 1 is 0.255 bits per heavy atom. The molecule has 0 bridgehead atoms. The van der Waals surface area contributed by atoms with Crippen molar-refractivity contribution in [1.82, 2.24) is 13.7 Å². The normalized spacial score (nSPS) is 11.9. The van der Waals surface area contributed by atoms with Crippen molar-refractivity contribution >= 4 is 65.4 Å². The minimum Gasteiger partial charge on any atom is -0.309 e. The van der Waals surface area contributed by atoms with Crippen LogP contribution in [0.5, 0.6) is 0 Å². The molecular weight excluding hydrogens is 619 g/mol.